The van der Waals surface area contributed by atoms with Gasteiger partial charge in [-0.25, -0.2) is 0 Å². The Labute approximate surface area is 138 Å². The van der Waals surface area contributed by atoms with E-state index in [4.69, 9.17) is 0 Å². The van der Waals surface area contributed by atoms with Crippen LogP contribution in [0.4, 0.5) is 0 Å². The van der Waals surface area contributed by atoms with Crippen molar-refractivity contribution in [3.8, 4) is 0 Å². The second kappa shape index (κ2) is 11.9. The Morgan fingerprint density at radius 3 is 2.40 bits per heavy atom. The molecule has 1 aromatic heterocycles. The molecular formula is C13H27IN6. The Morgan fingerprint density at radius 2 is 1.80 bits per heavy atom. The molecule has 0 unspecified atom stereocenters. The highest BCUT2D eigenvalue weighted by molar-refractivity contribution is 14.0. The fourth-order valence-electron chi connectivity index (χ4n) is 1.66. The molecule has 1 heterocycles. The summed E-state index contributed by atoms with van der Waals surface area (Å²) in [6.07, 6.45) is 6.87. The molecule has 0 fully saturated rings. The quantitative estimate of drug-likeness (QED) is 0.306. The van der Waals surface area contributed by atoms with Crippen molar-refractivity contribution in [3.05, 3.63) is 12.7 Å². The molecule has 7 heteroatoms. The molecule has 20 heavy (non-hydrogen) atoms. The fraction of sp³-hybridized carbons (Fsp3) is 0.769. The summed E-state index contributed by atoms with van der Waals surface area (Å²) >= 11 is 0. The number of aromatic nitrogens is 3. The van der Waals surface area contributed by atoms with Gasteiger partial charge in [0.15, 0.2) is 5.96 Å². The van der Waals surface area contributed by atoms with Gasteiger partial charge in [0.2, 0.25) is 0 Å². The van der Waals surface area contributed by atoms with Crippen molar-refractivity contribution in [2.24, 2.45) is 10.9 Å². The van der Waals surface area contributed by atoms with E-state index in [9.17, 15) is 0 Å². The van der Waals surface area contributed by atoms with Crippen molar-refractivity contribution in [3.63, 3.8) is 0 Å². The van der Waals surface area contributed by atoms with E-state index in [2.05, 4.69) is 39.7 Å². The first kappa shape index (κ1) is 19.1. The molecule has 0 aliphatic rings. The number of guanidine groups is 1. The highest BCUT2D eigenvalue weighted by atomic mass is 127. The minimum Gasteiger partial charge on any atom is -0.356 e. The molecule has 1 rings (SSSR count). The monoisotopic (exact) mass is 394 g/mol. The predicted octanol–water partition coefficient (Wildman–Crippen LogP) is 1.89. The zero-order chi connectivity index (χ0) is 13.9. The summed E-state index contributed by atoms with van der Waals surface area (Å²) in [7, 11) is 1.81. The lowest BCUT2D eigenvalue weighted by Crippen LogP contribution is -2.38. The van der Waals surface area contributed by atoms with E-state index in [1.807, 2.05) is 11.6 Å². The molecule has 0 aliphatic carbocycles. The smallest absolute Gasteiger partial charge is 0.190 e. The molecule has 0 aliphatic heterocycles. The Kier molecular flexibility index (Phi) is 11.4. The number of hydrogen-bond acceptors (Lipinski definition) is 3. The first-order valence-electron chi connectivity index (χ1n) is 6.99. The molecule has 2 N–H and O–H groups in total. The molecule has 0 radical (unpaired) electrons. The molecular weight excluding hydrogens is 367 g/mol. The average Bonchev–Trinajstić information content (AvgIpc) is 2.89. The normalized spacial score (nSPS) is 11.3. The van der Waals surface area contributed by atoms with Gasteiger partial charge in [-0.2, -0.15) is 0 Å². The van der Waals surface area contributed by atoms with E-state index >= 15 is 0 Å². The summed E-state index contributed by atoms with van der Waals surface area (Å²) in [5, 5.41) is 14.2. The van der Waals surface area contributed by atoms with Crippen molar-refractivity contribution in [2.75, 3.05) is 20.1 Å². The third kappa shape index (κ3) is 9.11. The predicted molar refractivity (Wildman–Crippen MR) is 93.5 cm³/mol. The van der Waals surface area contributed by atoms with Gasteiger partial charge < -0.3 is 15.2 Å². The van der Waals surface area contributed by atoms with Crippen LogP contribution < -0.4 is 10.6 Å². The summed E-state index contributed by atoms with van der Waals surface area (Å²) in [6.45, 7) is 7.32. The number of nitrogens with one attached hydrogen (secondary N) is 2. The van der Waals surface area contributed by atoms with Crippen LogP contribution in [-0.4, -0.2) is 40.9 Å². The zero-order valence-corrected chi connectivity index (χ0v) is 15.0. The minimum absolute atomic E-state index is 0. The van der Waals surface area contributed by atoms with Gasteiger partial charge in [-0.05, 0) is 25.2 Å². The molecule has 6 nitrogen and oxygen atoms in total. The molecule has 0 aromatic carbocycles. The molecule has 0 saturated heterocycles. The lowest BCUT2D eigenvalue weighted by atomic mass is 10.1. The molecule has 1 aromatic rings. The van der Waals surface area contributed by atoms with Crippen LogP contribution in [0.5, 0.6) is 0 Å². The van der Waals surface area contributed by atoms with Gasteiger partial charge in [0.05, 0.1) is 0 Å². The van der Waals surface area contributed by atoms with Gasteiger partial charge >= 0.3 is 0 Å². The number of unbranched alkanes of at least 4 members (excludes halogenated alkanes) is 1. The number of rotatable bonds is 8. The van der Waals surface area contributed by atoms with Gasteiger partial charge in [-0.1, -0.05) is 13.8 Å². The van der Waals surface area contributed by atoms with E-state index in [0.717, 1.165) is 50.8 Å². The van der Waals surface area contributed by atoms with E-state index in [-0.39, 0.29) is 24.0 Å². The Morgan fingerprint density at radius 1 is 1.15 bits per heavy atom. The third-order valence-electron chi connectivity index (χ3n) is 2.84. The van der Waals surface area contributed by atoms with Crippen LogP contribution in [-0.2, 0) is 6.54 Å². The topological polar surface area (TPSA) is 67.1 Å². The van der Waals surface area contributed by atoms with Crippen LogP contribution in [0.2, 0.25) is 0 Å². The number of halogens is 1. The van der Waals surface area contributed by atoms with Crippen LogP contribution in [0.15, 0.2) is 17.6 Å². The number of aryl methyl sites for hydroxylation is 1. The van der Waals surface area contributed by atoms with Gasteiger partial charge in [0, 0.05) is 26.7 Å². The Balaban J connectivity index is 0.00000361. The van der Waals surface area contributed by atoms with Gasteiger partial charge in [-0.3, -0.25) is 4.99 Å². The average molecular weight is 394 g/mol. The highest BCUT2D eigenvalue weighted by Crippen LogP contribution is 1.96. The summed E-state index contributed by atoms with van der Waals surface area (Å²) in [6, 6.07) is 0. The van der Waals surface area contributed by atoms with E-state index in [1.165, 1.54) is 0 Å². The summed E-state index contributed by atoms with van der Waals surface area (Å²) in [4.78, 5) is 4.20. The Bertz CT molecular complexity index is 350. The summed E-state index contributed by atoms with van der Waals surface area (Å²) in [5.74, 6) is 1.61. The van der Waals surface area contributed by atoms with Crippen LogP contribution in [0.25, 0.3) is 0 Å². The van der Waals surface area contributed by atoms with Gasteiger partial charge in [0.1, 0.15) is 12.7 Å². The zero-order valence-electron chi connectivity index (χ0n) is 12.7. The van der Waals surface area contributed by atoms with Crippen LogP contribution in [0, 0.1) is 5.92 Å². The second-order valence-electron chi connectivity index (χ2n) is 5.02. The maximum Gasteiger partial charge on any atom is 0.190 e. The number of hydrogen-bond donors (Lipinski definition) is 2. The largest absolute Gasteiger partial charge is 0.356 e. The Hall–Kier alpha value is -0.860. The SMILES string of the molecule is CN=C(NCCCCn1cnnc1)NCCC(C)C.I. The second-order valence-corrected chi connectivity index (χ2v) is 5.02. The van der Waals surface area contributed by atoms with Gasteiger partial charge in [0.25, 0.3) is 0 Å². The first-order valence-corrected chi connectivity index (χ1v) is 6.99. The lowest BCUT2D eigenvalue weighted by molar-refractivity contribution is 0.569. The standard InChI is InChI=1S/C13H26N6.HI/c1-12(2)6-8-16-13(14-3)15-7-4-5-9-19-10-17-18-11-19;/h10-12H,4-9H2,1-3H3,(H2,14,15,16);1H. The molecule has 0 amide bonds. The van der Waals surface area contributed by atoms with Crippen molar-refractivity contribution < 1.29 is 0 Å². The van der Waals surface area contributed by atoms with E-state index < -0.39 is 0 Å². The molecule has 0 atom stereocenters. The summed E-state index contributed by atoms with van der Waals surface area (Å²) < 4.78 is 2.00. The lowest BCUT2D eigenvalue weighted by Gasteiger charge is -2.12. The van der Waals surface area contributed by atoms with Crippen molar-refractivity contribution in [1.82, 2.24) is 25.4 Å². The van der Waals surface area contributed by atoms with Crippen LogP contribution in [0.3, 0.4) is 0 Å². The van der Waals surface area contributed by atoms with E-state index in [1.54, 1.807) is 12.7 Å². The molecule has 116 valence electrons. The molecule has 0 bridgehead atoms. The van der Waals surface area contributed by atoms with Crippen molar-refractivity contribution in [2.45, 2.75) is 39.7 Å². The van der Waals surface area contributed by atoms with Gasteiger partial charge in [-0.15, -0.1) is 34.2 Å². The molecule has 0 saturated carbocycles. The fourth-order valence-corrected chi connectivity index (χ4v) is 1.66. The molecule has 0 spiro atoms. The van der Waals surface area contributed by atoms with Crippen molar-refractivity contribution in [1.29, 1.82) is 0 Å². The maximum atomic E-state index is 4.20. The minimum atomic E-state index is 0. The summed E-state index contributed by atoms with van der Waals surface area (Å²) in [5.41, 5.74) is 0. The van der Waals surface area contributed by atoms with Crippen LogP contribution in [0.1, 0.15) is 33.1 Å². The highest BCUT2D eigenvalue weighted by Gasteiger charge is 1.98. The maximum absolute atomic E-state index is 4.20. The first-order chi connectivity index (χ1) is 9.22. The number of aliphatic imine (C=N–C) groups is 1. The third-order valence-corrected chi connectivity index (χ3v) is 2.84. The van der Waals surface area contributed by atoms with Crippen molar-refractivity contribution >= 4 is 29.9 Å². The van der Waals surface area contributed by atoms with Crippen LogP contribution >= 0.6 is 24.0 Å². The van der Waals surface area contributed by atoms with E-state index in [0.29, 0.717) is 0 Å². The number of nitrogens with zero attached hydrogens (tertiary/aromatic N) is 4.